The molecular weight excluding hydrogens is 380 g/mol. The molecule has 3 aromatic heterocycles. The third-order valence-corrected chi connectivity index (χ3v) is 4.63. The van der Waals surface area contributed by atoms with E-state index < -0.39 is 0 Å². The van der Waals surface area contributed by atoms with E-state index in [0.29, 0.717) is 22.4 Å². The minimum absolute atomic E-state index is 0.122. The summed E-state index contributed by atoms with van der Waals surface area (Å²) in [5.41, 5.74) is 3.88. The molecule has 1 aromatic carbocycles. The third-order valence-electron chi connectivity index (χ3n) is 4.63. The molecule has 0 spiro atoms. The lowest BCUT2D eigenvalue weighted by Crippen LogP contribution is -2.27. The zero-order valence-electron chi connectivity index (χ0n) is 17.9. The van der Waals surface area contributed by atoms with E-state index >= 15 is 0 Å². The van der Waals surface area contributed by atoms with Crippen LogP contribution in [-0.4, -0.2) is 51.4 Å². The summed E-state index contributed by atoms with van der Waals surface area (Å²) in [4.78, 5) is 18.8. The molecular formula is C22H26N6O2. The molecule has 0 unspecified atom stereocenters. The largest absolute Gasteiger partial charge is 0.356 e. The zero-order valence-corrected chi connectivity index (χ0v) is 17.9. The van der Waals surface area contributed by atoms with Gasteiger partial charge >= 0.3 is 0 Å². The maximum absolute atomic E-state index is 12.6. The molecule has 1 N–H and O–H groups in total. The van der Waals surface area contributed by atoms with E-state index in [9.17, 15) is 4.79 Å². The number of hydrogen-bond acceptors (Lipinski definition) is 7. The molecule has 0 atom stereocenters. The Hall–Kier alpha value is -3.26. The zero-order chi connectivity index (χ0) is 21.5. The molecule has 8 heteroatoms. The average Bonchev–Trinajstić information content (AvgIpc) is 3.22. The normalized spacial score (nSPS) is 12.2. The topological polar surface area (TPSA) is 89.1 Å². The molecule has 4 rings (SSSR count). The predicted molar refractivity (Wildman–Crippen MR) is 117 cm³/mol. The second-order valence-electron chi connectivity index (χ2n) is 8.97. The number of carbonyl (C=O) groups excluding carboxylic acids is 1. The van der Waals surface area contributed by atoms with Gasteiger partial charge in [0.15, 0.2) is 11.4 Å². The molecule has 0 aliphatic rings. The molecule has 0 saturated carbocycles. The lowest BCUT2D eigenvalue weighted by molar-refractivity contribution is 0.0866. The van der Waals surface area contributed by atoms with Crippen LogP contribution in [0.2, 0.25) is 0 Å². The number of benzene rings is 1. The molecule has 0 bridgehead atoms. The molecule has 30 heavy (non-hydrogen) atoms. The van der Waals surface area contributed by atoms with Crippen molar-refractivity contribution >= 4 is 39.4 Å². The van der Waals surface area contributed by atoms with Gasteiger partial charge in [0, 0.05) is 23.3 Å². The van der Waals surface area contributed by atoms with Gasteiger partial charge in [0.05, 0.1) is 17.8 Å². The highest BCUT2D eigenvalue weighted by Gasteiger charge is 2.19. The van der Waals surface area contributed by atoms with Crippen LogP contribution in [0.5, 0.6) is 0 Å². The van der Waals surface area contributed by atoms with Crippen LogP contribution in [0, 0.1) is 5.41 Å². The Morgan fingerprint density at radius 3 is 2.77 bits per heavy atom. The Balaban J connectivity index is 1.67. The molecule has 0 fully saturated rings. The van der Waals surface area contributed by atoms with Crippen LogP contribution in [0.3, 0.4) is 0 Å². The number of carbonyl (C=O) groups is 1. The molecule has 8 nitrogen and oxygen atoms in total. The Kier molecular flexibility index (Phi) is 5.03. The van der Waals surface area contributed by atoms with Gasteiger partial charge in [-0.2, -0.15) is 4.68 Å². The van der Waals surface area contributed by atoms with Gasteiger partial charge in [0.25, 0.3) is 5.91 Å². The van der Waals surface area contributed by atoms with E-state index in [1.807, 2.05) is 43.3 Å². The van der Waals surface area contributed by atoms with Crippen molar-refractivity contribution in [2.75, 3.05) is 26.0 Å². The van der Waals surface area contributed by atoms with Crippen LogP contribution in [0.4, 0.5) is 11.5 Å². The first kappa shape index (κ1) is 20.0. The van der Waals surface area contributed by atoms with Crippen LogP contribution in [0.25, 0.3) is 22.0 Å². The van der Waals surface area contributed by atoms with Crippen molar-refractivity contribution in [2.24, 2.45) is 5.41 Å². The van der Waals surface area contributed by atoms with Crippen molar-refractivity contribution in [3.05, 3.63) is 42.2 Å². The van der Waals surface area contributed by atoms with E-state index in [4.69, 9.17) is 4.52 Å². The first-order valence-corrected chi connectivity index (χ1v) is 9.88. The van der Waals surface area contributed by atoms with Gasteiger partial charge < -0.3 is 14.7 Å². The fraction of sp³-hybridized carbons (Fsp3) is 0.364. The van der Waals surface area contributed by atoms with E-state index in [1.165, 1.54) is 4.68 Å². The summed E-state index contributed by atoms with van der Waals surface area (Å²) in [5.74, 6) is 0.398. The summed E-state index contributed by atoms with van der Waals surface area (Å²) in [6.07, 6.45) is 2.52. The van der Waals surface area contributed by atoms with Crippen molar-refractivity contribution in [3.8, 4) is 0 Å². The molecule has 0 aliphatic heterocycles. The highest BCUT2D eigenvalue weighted by molar-refractivity contribution is 5.96. The molecule has 0 radical (unpaired) electrons. The molecule has 4 aromatic rings. The van der Waals surface area contributed by atoms with Gasteiger partial charge in [-0.25, -0.2) is 0 Å². The van der Waals surface area contributed by atoms with Crippen molar-refractivity contribution < 1.29 is 9.32 Å². The minimum Gasteiger partial charge on any atom is -0.356 e. The second kappa shape index (κ2) is 7.53. The number of rotatable bonds is 5. The van der Waals surface area contributed by atoms with Crippen LogP contribution in [-0.2, 0) is 6.42 Å². The Labute approximate surface area is 174 Å². The van der Waals surface area contributed by atoms with Gasteiger partial charge in [-0.15, -0.1) is 5.10 Å². The summed E-state index contributed by atoms with van der Waals surface area (Å²) >= 11 is 0. The van der Waals surface area contributed by atoms with Crippen LogP contribution < -0.4 is 5.32 Å². The van der Waals surface area contributed by atoms with Crippen molar-refractivity contribution in [2.45, 2.75) is 27.2 Å². The monoisotopic (exact) mass is 406 g/mol. The van der Waals surface area contributed by atoms with Gasteiger partial charge in [0.2, 0.25) is 0 Å². The number of hydrogen-bond donors (Lipinski definition) is 1. The van der Waals surface area contributed by atoms with Crippen LogP contribution in [0.1, 0.15) is 31.3 Å². The maximum Gasteiger partial charge on any atom is 0.261 e. The fourth-order valence-corrected chi connectivity index (χ4v) is 3.40. The van der Waals surface area contributed by atoms with Gasteiger partial charge in [-0.3, -0.25) is 9.78 Å². The van der Waals surface area contributed by atoms with E-state index in [-0.39, 0.29) is 17.9 Å². The van der Waals surface area contributed by atoms with Gasteiger partial charge in [0.1, 0.15) is 5.52 Å². The standard InChI is InChI=1S/C22H26N6O2/c1-22(2,3)12-16-15-9-8-14(11-18(15)30-26-16)24-21-20-17(7-6-10-23-20)28(25-21)19(29)13-27(4)5/h6-11H,12-13H2,1-5H3,(H,24,25). The summed E-state index contributed by atoms with van der Waals surface area (Å²) in [7, 11) is 3.70. The maximum atomic E-state index is 12.6. The first-order chi connectivity index (χ1) is 14.2. The summed E-state index contributed by atoms with van der Waals surface area (Å²) in [5, 5.41) is 13.0. The summed E-state index contributed by atoms with van der Waals surface area (Å²) in [6.45, 7) is 6.78. The SMILES string of the molecule is CN(C)CC(=O)n1nc(Nc2ccc3c(CC(C)(C)C)noc3c2)c2ncccc21. The molecule has 0 saturated heterocycles. The Morgan fingerprint density at radius 1 is 1.23 bits per heavy atom. The van der Waals surface area contributed by atoms with Crippen LogP contribution in [0.15, 0.2) is 41.1 Å². The third kappa shape index (κ3) is 4.04. The lowest BCUT2D eigenvalue weighted by atomic mass is 9.89. The highest BCUT2D eigenvalue weighted by atomic mass is 16.5. The van der Waals surface area contributed by atoms with Gasteiger partial charge in [-0.1, -0.05) is 25.9 Å². The smallest absolute Gasteiger partial charge is 0.261 e. The molecule has 0 aliphatic carbocycles. The van der Waals surface area contributed by atoms with E-state index in [0.717, 1.165) is 23.2 Å². The van der Waals surface area contributed by atoms with Gasteiger partial charge in [-0.05, 0) is 50.2 Å². The summed E-state index contributed by atoms with van der Waals surface area (Å²) < 4.78 is 6.96. The number of fused-ring (bicyclic) bond motifs is 2. The summed E-state index contributed by atoms with van der Waals surface area (Å²) in [6, 6.07) is 9.49. The quantitative estimate of drug-likeness (QED) is 0.533. The first-order valence-electron chi connectivity index (χ1n) is 9.88. The number of pyridine rings is 1. The Bertz CT molecular complexity index is 1220. The van der Waals surface area contributed by atoms with Crippen molar-refractivity contribution in [1.82, 2.24) is 24.8 Å². The average molecular weight is 406 g/mol. The van der Waals surface area contributed by atoms with Crippen LogP contribution >= 0.6 is 0 Å². The minimum atomic E-state index is -0.122. The lowest BCUT2D eigenvalue weighted by Gasteiger charge is -2.15. The number of nitrogens with zero attached hydrogens (tertiary/aromatic N) is 5. The van der Waals surface area contributed by atoms with Crippen molar-refractivity contribution in [1.29, 1.82) is 0 Å². The fourth-order valence-electron chi connectivity index (χ4n) is 3.40. The Morgan fingerprint density at radius 2 is 2.03 bits per heavy atom. The number of aromatic nitrogens is 4. The van der Waals surface area contributed by atoms with E-state index in [2.05, 4.69) is 41.3 Å². The number of anilines is 2. The van der Waals surface area contributed by atoms with E-state index in [1.54, 1.807) is 12.3 Å². The van der Waals surface area contributed by atoms with Crippen molar-refractivity contribution in [3.63, 3.8) is 0 Å². The molecule has 156 valence electrons. The molecule has 0 amide bonds. The highest BCUT2D eigenvalue weighted by Crippen LogP contribution is 2.30. The number of nitrogens with one attached hydrogen (secondary N) is 1. The predicted octanol–water partition coefficient (Wildman–Crippen LogP) is 4.11. The number of likely N-dealkylation sites (N-methyl/N-ethyl adjacent to an activating group) is 1. The molecule has 3 heterocycles. The second-order valence-corrected chi connectivity index (χ2v) is 8.97.